The number of rotatable bonds is 12. The van der Waals surface area contributed by atoms with E-state index in [1.165, 1.54) is 24.7 Å². The van der Waals surface area contributed by atoms with Gasteiger partial charge in [0.25, 0.3) is 0 Å². The first-order valence-corrected chi connectivity index (χ1v) is 12.9. The van der Waals surface area contributed by atoms with Gasteiger partial charge in [0.1, 0.15) is 36.0 Å². The van der Waals surface area contributed by atoms with Gasteiger partial charge in [-0.15, -0.1) is 0 Å². The average Bonchev–Trinajstić information content (AvgIpc) is 3.57. The van der Waals surface area contributed by atoms with Crippen LogP contribution in [0.4, 0.5) is 8.78 Å². The van der Waals surface area contributed by atoms with Gasteiger partial charge in [0.2, 0.25) is 0 Å². The van der Waals surface area contributed by atoms with Crippen LogP contribution in [-0.2, 0) is 31.9 Å². The first-order chi connectivity index (χ1) is 19.1. The lowest BCUT2D eigenvalue weighted by atomic mass is 9.94. The van der Waals surface area contributed by atoms with Crippen LogP contribution < -0.4 is 11.5 Å². The number of ether oxygens (including phenoxy) is 2. The largest absolute Gasteiger partial charge is 0.464 e. The molecule has 0 aliphatic heterocycles. The summed E-state index contributed by atoms with van der Waals surface area (Å²) in [7, 11) is 0. The lowest BCUT2D eigenvalue weighted by Gasteiger charge is -2.20. The number of esters is 2. The molecule has 10 heteroatoms. The van der Waals surface area contributed by atoms with Crippen LogP contribution >= 0.6 is 0 Å². The summed E-state index contributed by atoms with van der Waals surface area (Å²) < 4.78 is 49.7. The number of furan rings is 2. The van der Waals surface area contributed by atoms with Crippen LogP contribution in [0.15, 0.2) is 69.9 Å². The van der Waals surface area contributed by atoms with E-state index >= 15 is 0 Å². The molecule has 0 fully saturated rings. The Balaban J connectivity index is 1.17. The number of hydrogen-bond donors (Lipinski definition) is 2. The highest BCUT2D eigenvalue weighted by Crippen LogP contribution is 2.24. The third kappa shape index (κ3) is 7.34. The Bertz CT molecular complexity index is 1400. The Morgan fingerprint density at radius 1 is 0.775 bits per heavy atom. The summed E-state index contributed by atoms with van der Waals surface area (Å²) in [6.45, 7) is 3.41. The summed E-state index contributed by atoms with van der Waals surface area (Å²) in [4.78, 5) is 24.1. The molecule has 0 spiro atoms. The van der Waals surface area contributed by atoms with E-state index in [9.17, 15) is 18.4 Å². The van der Waals surface area contributed by atoms with E-state index in [1.54, 1.807) is 24.3 Å². The molecule has 40 heavy (non-hydrogen) atoms. The maximum absolute atomic E-state index is 14.4. The second-order valence-electron chi connectivity index (χ2n) is 10.1. The van der Waals surface area contributed by atoms with E-state index in [2.05, 4.69) is 0 Å². The van der Waals surface area contributed by atoms with E-state index < -0.39 is 24.0 Å². The number of halogens is 2. The molecule has 0 saturated heterocycles. The molecule has 0 amide bonds. The number of nitrogens with two attached hydrogens (primary N) is 2. The van der Waals surface area contributed by atoms with Crippen LogP contribution in [0.5, 0.6) is 0 Å². The van der Waals surface area contributed by atoms with Crippen LogP contribution in [0.2, 0.25) is 0 Å². The maximum Gasteiger partial charge on any atom is 0.331 e. The van der Waals surface area contributed by atoms with Crippen molar-refractivity contribution < 1.29 is 36.7 Å². The fourth-order valence-corrected chi connectivity index (χ4v) is 4.27. The minimum Gasteiger partial charge on any atom is -0.464 e. The molecule has 0 saturated carbocycles. The van der Waals surface area contributed by atoms with Crippen LogP contribution in [0.25, 0.3) is 21.9 Å². The first kappa shape index (κ1) is 29.0. The summed E-state index contributed by atoms with van der Waals surface area (Å²) in [6.07, 6.45) is 5.51. The van der Waals surface area contributed by atoms with Gasteiger partial charge in [-0.05, 0) is 72.2 Å². The summed E-state index contributed by atoms with van der Waals surface area (Å²) in [6, 6.07) is 8.33. The molecule has 4 rings (SSSR count). The summed E-state index contributed by atoms with van der Waals surface area (Å²) >= 11 is 0. The molecule has 0 aliphatic carbocycles. The zero-order valence-electron chi connectivity index (χ0n) is 22.3. The van der Waals surface area contributed by atoms with Crippen molar-refractivity contribution in [1.29, 1.82) is 0 Å². The van der Waals surface area contributed by atoms with Crippen molar-refractivity contribution in [3.8, 4) is 0 Å². The highest BCUT2D eigenvalue weighted by Gasteiger charge is 2.20. The highest BCUT2D eigenvalue weighted by atomic mass is 19.1. The zero-order chi connectivity index (χ0) is 28.8. The second-order valence-corrected chi connectivity index (χ2v) is 10.1. The number of carbonyl (C=O) groups is 2. The SMILES string of the molecule is CC(Cc1cc2occc2cc1F)C(N)COC(=O)/C=C/C(=O)OCC(N)C(C)Cc1cc2occc2cc1F. The average molecular weight is 555 g/mol. The molecule has 0 aliphatic rings. The van der Waals surface area contributed by atoms with Crippen molar-refractivity contribution in [2.75, 3.05) is 13.2 Å². The van der Waals surface area contributed by atoms with Crippen LogP contribution in [-0.4, -0.2) is 37.2 Å². The van der Waals surface area contributed by atoms with Gasteiger partial charge in [-0.3, -0.25) is 0 Å². The van der Waals surface area contributed by atoms with Crippen LogP contribution in [0, 0.1) is 23.5 Å². The number of benzene rings is 2. The Kier molecular flexibility index (Phi) is 9.34. The quantitative estimate of drug-likeness (QED) is 0.188. The van der Waals surface area contributed by atoms with Crippen LogP contribution in [0.3, 0.4) is 0 Å². The minimum atomic E-state index is -0.774. The molecule has 2 aromatic carbocycles. The molecule has 0 bridgehead atoms. The lowest BCUT2D eigenvalue weighted by Crippen LogP contribution is -2.35. The standard InChI is InChI=1S/C30H32F2N2O6/c1-17(9-21-13-27-19(5-7-37-27)11-23(21)31)25(33)15-39-29(35)3-4-30(36)40-16-26(34)18(2)10-22-14-28-20(6-8-38-28)12-24(22)32/h3-8,11-14,17-18,25-26H,9-10,15-16,33-34H2,1-2H3/b4-3+. The monoisotopic (exact) mass is 554 g/mol. The van der Waals surface area contributed by atoms with Gasteiger partial charge in [0.05, 0.1) is 12.5 Å². The molecule has 2 aromatic heterocycles. The Labute approximate surface area is 229 Å². The summed E-state index contributed by atoms with van der Waals surface area (Å²) in [5.74, 6) is -2.68. The van der Waals surface area contributed by atoms with E-state index in [0.717, 1.165) is 12.2 Å². The number of carbonyl (C=O) groups excluding carboxylic acids is 2. The van der Waals surface area contributed by atoms with Gasteiger partial charge < -0.3 is 29.8 Å². The fraction of sp³-hybridized carbons (Fsp3) is 0.333. The Hall–Kier alpha value is -4.02. The fourth-order valence-electron chi connectivity index (χ4n) is 4.27. The lowest BCUT2D eigenvalue weighted by molar-refractivity contribution is -0.141. The van der Waals surface area contributed by atoms with Crippen LogP contribution in [0.1, 0.15) is 25.0 Å². The Morgan fingerprint density at radius 3 is 1.57 bits per heavy atom. The van der Waals surface area contributed by atoms with Crippen molar-refractivity contribution >= 4 is 33.9 Å². The van der Waals surface area contributed by atoms with E-state index in [1.807, 2.05) is 13.8 Å². The third-order valence-electron chi connectivity index (χ3n) is 6.98. The van der Waals surface area contributed by atoms with Crippen molar-refractivity contribution in [2.45, 2.75) is 38.8 Å². The molecular formula is C30H32F2N2O6. The van der Waals surface area contributed by atoms with Gasteiger partial charge in [-0.1, -0.05) is 13.8 Å². The van der Waals surface area contributed by atoms with Crippen molar-refractivity contribution in [3.05, 3.63) is 83.8 Å². The summed E-state index contributed by atoms with van der Waals surface area (Å²) in [5, 5.41) is 1.35. The molecule has 2 heterocycles. The Morgan fingerprint density at radius 2 is 1.18 bits per heavy atom. The van der Waals surface area contributed by atoms with Gasteiger partial charge in [-0.2, -0.15) is 0 Å². The minimum absolute atomic E-state index is 0.118. The maximum atomic E-state index is 14.4. The first-order valence-electron chi connectivity index (χ1n) is 12.9. The molecule has 4 atom stereocenters. The molecule has 8 nitrogen and oxygen atoms in total. The van der Waals surface area contributed by atoms with Crippen molar-refractivity contribution in [3.63, 3.8) is 0 Å². The molecule has 212 valence electrons. The zero-order valence-corrected chi connectivity index (χ0v) is 22.3. The summed E-state index contributed by atoms with van der Waals surface area (Å²) in [5.41, 5.74) is 14.3. The van der Waals surface area contributed by atoms with E-state index in [4.69, 9.17) is 29.8 Å². The molecule has 4 aromatic rings. The van der Waals surface area contributed by atoms with Gasteiger partial charge in [-0.25, -0.2) is 18.4 Å². The predicted octanol–water partition coefficient (Wildman–Crippen LogP) is 4.81. The smallest absolute Gasteiger partial charge is 0.331 e. The second kappa shape index (κ2) is 12.9. The van der Waals surface area contributed by atoms with Crippen molar-refractivity contribution in [1.82, 2.24) is 0 Å². The number of fused-ring (bicyclic) bond motifs is 2. The van der Waals surface area contributed by atoms with Crippen molar-refractivity contribution in [2.24, 2.45) is 23.3 Å². The third-order valence-corrected chi connectivity index (χ3v) is 6.98. The molecular weight excluding hydrogens is 522 g/mol. The molecule has 0 radical (unpaired) electrons. The molecule has 4 unspecified atom stereocenters. The van der Waals surface area contributed by atoms with Gasteiger partial charge in [0.15, 0.2) is 0 Å². The predicted molar refractivity (Wildman–Crippen MR) is 145 cm³/mol. The topological polar surface area (TPSA) is 131 Å². The van der Waals surface area contributed by atoms with Gasteiger partial charge >= 0.3 is 11.9 Å². The normalized spacial score (nSPS) is 14.8. The molecule has 4 N–H and O–H groups in total. The van der Waals surface area contributed by atoms with Gasteiger partial charge in [0, 0.05) is 35.0 Å². The van der Waals surface area contributed by atoms with E-state index in [0.29, 0.717) is 45.9 Å². The number of hydrogen-bond acceptors (Lipinski definition) is 8. The van der Waals surface area contributed by atoms with E-state index in [-0.39, 0.29) is 36.7 Å². The highest BCUT2D eigenvalue weighted by molar-refractivity contribution is 5.91.